The van der Waals surface area contributed by atoms with Crippen molar-refractivity contribution in [1.82, 2.24) is 0 Å². The molecule has 2 nitrogen and oxygen atoms in total. The van der Waals surface area contributed by atoms with Crippen molar-refractivity contribution < 1.29 is 8.78 Å². The molecular formula is C9H12F2N2. The van der Waals surface area contributed by atoms with Crippen LogP contribution in [0.3, 0.4) is 0 Å². The number of benzene rings is 1. The van der Waals surface area contributed by atoms with Gasteiger partial charge in [-0.1, -0.05) is 12.1 Å². The van der Waals surface area contributed by atoms with Crippen molar-refractivity contribution in [2.75, 3.05) is 6.54 Å². The minimum absolute atomic E-state index is 0.0966. The Kier molecular flexibility index (Phi) is 2.95. The fourth-order valence-corrected chi connectivity index (χ4v) is 1.07. The summed E-state index contributed by atoms with van der Waals surface area (Å²) in [7, 11) is 0. The van der Waals surface area contributed by atoms with Crippen molar-refractivity contribution in [3.63, 3.8) is 0 Å². The van der Waals surface area contributed by atoms with Crippen LogP contribution in [0.25, 0.3) is 0 Å². The lowest BCUT2D eigenvalue weighted by Crippen LogP contribution is -2.22. The molecule has 72 valence electrons. The van der Waals surface area contributed by atoms with Crippen molar-refractivity contribution in [2.24, 2.45) is 11.5 Å². The minimum Gasteiger partial charge on any atom is -0.329 e. The second kappa shape index (κ2) is 3.81. The van der Waals surface area contributed by atoms with E-state index in [2.05, 4.69) is 0 Å². The average molecular weight is 186 g/mol. The van der Waals surface area contributed by atoms with E-state index in [1.54, 1.807) is 0 Å². The number of hydrogen-bond donors (Lipinski definition) is 2. The van der Waals surface area contributed by atoms with Gasteiger partial charge in [0.1, 0.15) is 0 Å². The molecule has 0 saturated heterocycles. The SMILES string of the molecule is Cc1ccc([C@H](N)CN)c(F)c1F. The molecule has 4 N–H and O–H groups in total. The Balaban J connectivity index is 3.18. The quantitative estimate of drug-likeness (QED) is 0.729. The van der Waals surface area contributed by atoms with E-state index >= 15 is 0 Å². The normalized spacial score (nSPS) is 13.0. The van der Waals surface area contributed by atoms with Gasteiger partial charge in [0.2, 0.25) is 0 Å². The van der Waals surface area contributed by atoms with Crippen LogP contribution in [0.2, 0.25) is 0 Å². The first-order valence-electron chi connectivity index (χ1n) is 3.98. The monoisotopic (exact) mass is 186 g/mol. The Hall–Kier alpha value is -1.00. The Labute approximate surface area is 75.5 Å². The summed E-state index contributed by atoms with van der Waals surface area (Å²) in [5.74, 6) is -1.74. The van der Waals surface area contributed by atoms with Crippen molar-refractivity contribution in [3.8, 4) is 0 Å². The van der Waals surface area contributed by atoms with Gasteiger partial charge in [-0.2, -0.15) is 0 Å². The second-order valence-corrected chi connectivity index (χ2v) is 2.94. The summed E-state index contributed by atoms with van der Waals surface area (Å²) in [5.41, 5.74) is 11.1. The Bertz CT molecular complexity index is 313. The molecule has 0 aromatic heterocycles. The van der Waals surface area contributed by atoms with Gasteiger partial charge in [0, 0.05) is 18.2 Å². The highest BCUT2D eigenvalue weighted by atomic mass is 19.2. The van der Waals surface area contributed by atoms with Gasteiger partial charge in [-0.3, -0.25) is 0 Å². The predicted octanol–water partition coefficient (Wildman–Crippen LogP) is 1.23. The van der Waals surface area contributed by atoms with Gasteiger partial charge in [-0.05, 0) is 12.5 Å². The van der Waals surface area contributed by atoms with Crippen molar-refractivity contribution in [2.45, 2.75) is 13.0 Å². The molecule has 4 heteroatoms. The largest absolute Gasteiger partial charge is 0.329 e. The lowest BCUT2D eigenvalue weighted by atomic mass is 10.0. The summed E-state index contributed by atoms with van der Waals surface area (Å²) in [6.45, 7) is 1.59. The number of nitrogens with two attached hydrogens (primary N) is 2. The third-order valence-corrected chi connectivity index (χ3v) is 1.96. The molecule has 0 spiro atoms. The van der Waals surface area contributed by atoms with Gasteiger partial charge < -0.3 is 11.5 Å². The van der Waals surface area contributed by atoms with Crippen LogP contribution in [0.1, 0.15) is 17.2 Å². The molecule has 0 unspecified atom stereocenters. The first kappa shape index (κ1) is 10.1. The van der Waals surface area contributed by atoms with E-state index in [0.717, 1.165) is 0 Å². The molecular weight excluding hydrogens is 174 g/mol. The highest BCUT2D eigenvalue weighted by Gasteiger charge is 2.14. The maximum atomic E-state index is 13.2. The second-order valence-electron chi connectivity index (χ2n) is 2.94. The molecule has 13 heavy (non-hydrogen) atoms. The molecule has 0 aliphatic carbocycles. The summed E-state index contributed by atoms with van der Waals surface area (Å²) in [6, 6.07) is 2.31. The maximum absolute atomic E-state index is 13.2. The highest BCUT2D eigenvalue weighted by Crippen LogP contribution is 2.19. The van der Waals surface area contributed by atoms with Gasteiger partial charge in [0.15, 0.2) is 11.6 Å². The fraction of sp³-hybridized carbons (Fsp3) is 0.333. The molecule has 1 rings (SSSR count). The van der Waals surface area contributed by atoms with E-state index in [0.29, 0.717) is 0 Å². The van der Waals surface area contributed by atoms with E-state index < -0.39 is 17.7 Å². The number of hydrogen-bond acceptors (Lipinski definition) is 2. The summed E-state index contributed by atoms with van der Waals surface area (Å²) >= 11 is 0. The van der Waals surface area contributed by atoms with E-state index in [-0.39, 0.29) is 17.7 Å². The lowest BCUT2D eigenvalue weighted by molar-refractivity contribution is 0.484. The van der Waals surface area contributed by atoms with Gasteiger partial charge in [-0.25, -0.2) is 8.78 Å². The number of halogens is 2. The third-order valence-electron chi connectivity index (χ3n) is 1.96. The van der Waals surface area contributed by atoms with Crippen LogP contribution in [0.5, 0.6) is 0 Å². The zero-order chi connectivity index (χ0) is 10.0. The van der Waals surface area contributed by atoms with E-state index in [4.69, 9.17) is 11.5 Å². The first-order valence-corrected chi connectivity index (χ1v) is 3.98. The summed E-state index contributed by atoms with van der Waals surface area (Å²) in [6.07, 6.45) is 0. The molecule has 0 heterocycles. The average Bonchev–Trinajstić information content (AvgIpc) is 2.13. The highest BCUT2D eigenvalue weighted by molar-refractivity contribution is 5.27. The Morgan fingerprint density at radius 3 is 2.46 bits per heavy atom. The molecule has 0 aliphatic heterocycles. The van der Waals surface area contributed by atoms with Crippen LogP contribution < -0.4 is 11.5 Å². The molecule has 0 bridgehead atoms. The molecule has 1 aromatic rings. The fourth-order valence-electron chi connectivity index (χ4n) is 1.07. The van der Waals surface area contributed by atoms with Crippen LogP contribution >= 0.6 is 0 Å². The molecule has 0 fully saturated rings. The van der Waals surface area contributed by atoms with Gasteiger partial charge >= 0.3 is 0 Å². The number of rotatable bonds is 2. The standard InChI is InChI=1S/C9H12F2N2/c1-5-2-3-6(7(13)4-12)9(11)8(5)10/h2-3,7H,4,12-13H2,1H3/t7-/m1/s1. The molecule has 1 atom stereocenters. The lowest BCUT2D eigenvalue weighted by Gasteiger charge is -2.11. The van der Waals surface area contributed by atoms with E-state index in [1.807, 2.05) is 0 Å². The molecule has 0 aliphatic rings. The smallest absolute Gasteiger partial charge is 0.163 e. The Morgan fingerprint density at radius 2 is 1.92 bits per heavy atom. The van der Waals surface area contributed by atoms with Crippen LogP contribution in [-0.4, -0.2) is 6.54 Å². The molecule has 0 radical (unpaired) electrons. The Morgan fingerprint density at radius 1 is 1.31 bits per heavy atom. The van der Waals surface area contributed by atoms with Crippen LogP contribution in [-0.2, 0) is 0 Å². The first-order chi connectivity index (χ1) is 6.07. The van der Waals surface area contributed by atoms with Crippen LogP contribution in [0.15, 0.2) is 12.1 Å². The van der Waals surface area contributed by atoms with Gasteiger partial charge in [-0.15, -0.1) is 0 Å². The van der Waals surface area contributed by atoms with E-state index in [9.17, 15) is 8.78 Å². The predicted molar refractivity (Wildman–Crippen MR) is 47.1 cm³/mol. The topological polar surface area (TPSA) is 52.0 Å². The molecule has 0 saturated carbocycles. The minimum atomic E-state index is -0.891. The van der Waals surface area contributed by atoms with Crippen LogP contribution in [0, 0.1) is 18.6 Å². The summed E-state index contributed by atoms with van der Waals surface area (Å²) < 4.78 is 26.2. The van der Waals surface area contributed by atoms with E-state index in [1.165, 1.54) is 19.1 Å². The van der Waals surface area contributed by atoms with Crippen molar-refractivity contribution in [1.29, 1.82) is 0 Å². The summed E-state index contributed by atoms with van der Waals surface area (Å²) in [5, 5.41) is 0. The maximum Gasteiger partial charge on any atom is 0.163 e. The third kappa shape index (κ3) is 1.84. The van der Waals surface area contributed by atoms with Crippen LogP contribution in [0.4, 0.5) is 8.78 Å². The zero-order valence-electron chi connectivity index (χ0n) is 7.35. The van der Waals surface area contributed by atoms with Gasteiger partial charge in [0.25, 0.3) is 0 Å². The van der Waals surface area contributed by atoms with Crippen molar-refractivity contribution in [3.05, 3.63) is 34.9 Å². The van der Waals surface area contributed by atoms with Crippen molar-refractivity contribution >= 4 is 0 Å². The summed E-state index contributed by atoms with van der Waals surface area (Å²) in [4.78, 5) is 0. The number of aryl methyl sites for hydroxylation is 1. The molecule has 0 amide bonds. The molecule has 1 aromatic carbocycles. The zero-order valence-corrected chi connectivity index (χ0v) is 7.35. The van der Waals surface area contributed by atoms with Gasteiger partial charge in [0.05, 0.1) is 0 Å².